The van der Waals surface area contributed by atoms with Crippen LogP contribution in [-0.2, 0) is 0 Å². The van der Waals surface area contributed by atoms with Crippen LogP contribution in [0.1, 0.15) is 16.5 Å². The molecule has 0 saturated carbocycles. The molecule has 2 aromatic rings. The molecule has 0 amide bonds. The minimum absolute atomic E-state index is 0.258. The second kappa shape index (κ2) is 5.69. The van der Waals surface area contributed by atoms with E-state index in [-0.39, 0.29) is 11.9 Å². The molecule has 0 fully saturated rings. The van der Waals surface area contributed by atoms with E-state index in [1.54, 1.807) is 13.0 Å². The van der Waals surface area contributed by atoms with Crippen molar-refractivity contribution in [3.8, 4) is 5.75 Å². The predicted molar refractivity (Wildman–Crippen MR) is 72.9 cm³/mol. The van der Waals surface area contributed by atoms with Crippen molar-refractivity contribution in [2.75, 3.05) is 6.54 Å². The fourth-order valence-electron chi connectivity index (χ4n) is 1.62. The molecular weight excluding hydrogens is 273 g/mol. The van der Waals surface area contributed by atoms with Gasteiger partial charge in [0.15, 0.2) is 0 Å². The fourth-order valence-corrected chi connectivity index (χ4v) is 2.73. The van der Waals surface area contributed by atoms with E-state index in [1.807, 2.05) is 12.1 Å². The van der Waals surface area contributed by atoms with Crippen LogP contribution in [0.2, 0.25) is 4.34 Å². The second-order valence-corrected chi connectivity index (χ2v) is 5.64. The maximum Gasteiger partial charge on any atom is 0.145 e. The van der Waals surface area contributed by atoms with Crippen LogP contribution in [0.15, 0.2) is 30.3 Å². The molecule has 0 spiro atoms. The molecule has 0 aliphatic heterocycles. The maximum atomic E-state index is 13.0. The van der Waals surface area contributed by atoms with Gasteiger partial charge in [0.1, 0.15) is 17.7 Å². The lowest BCUT2D eigenvalue weighted by Crippen LogP contribution is -2.17. The number of hydrogen-bond acceptors (Lipinski definition) is 3. The van der Waals surface area contributed by atoms with Gasteiger partial charge in [-0.2, -0.15) is 0 Å². The van der Waals surface area contributed by atoms with Gasteiger partial charge in [-0.25, -0.2) is 4.39 Å². The highest BCUT2D eigenvalue weighted by Crippen LogP contribution is 2.31. The molecule has 1 aromatic heterocycles. The van der Waals surface area contributed by atoms with E-state index < -0.39 is 0 Å². The highest BCUT2D eigenvalue weighted by atomic mass is 35.5. The van der Waals surface area contributed by atoms with Crippen LogP contribution in [0, 0.1) is 12.7 Å². The average molecular weight is 286 g/mol. The van der Waals surface area contributed by atoms with Crippen molar-refractivity contribution in [1.82, 2.24) is 0 Å². The third kappa shape index (κ3) is 3.02. The number of benzene rings is 1. The molecule has 2 N–H and O–H groups in total. The topological polar surface area (TPSA) is 35.2 Å². The molecule has 0 bridgehead atoms. The van der Waals surface area contributed by atoms with Gasteiger partial charge in [0.05, 0.1) is 4.34 Å². The first-order valence-corrected chi connectivity index (χ1v) is 6.67. The summed E-state index contributed by atoms with van der Waals surface area (Å²) in [5.74, 6) is 0.361. The van der Waals surface area contributed by atoms with E-state index in [0.717, 1.165) is 10.4 Å². The normalized spacial score (nSPS) is 12.4. The molecule has 1 aromatic carbocycles. The number of ether oxygens (including phenoxy) is 1. The highest BCUT2D eigenvalue weighted by Gasteiger charge is 2.15. The highest BCUT2D eigenvalue weighted by molar-refractivity contribution is 7.16. The summed E-state index contributed by atoms with van der Waals surface area (Å²) in [5, 5.41) is 0. The smallest absolute Gasteiger partial charge is 0.145 e. The monoisotopic (exact) mass is 285 g/mol. The van der Waals surface area contributed by atoms with Crippen LogP contribution in [-0.4, -0.2) is 6.54 Å². The molecular formula is C13H13ClFNOS. The second-order valence-electron chi connectivity index (χ2n) is 3.89. The van der Waals surface area contributed by atoms with E-state index in [4.69, 9.17) is 22.1 Å². The zero-order valence-corrected chi connectivity index (χ0v) is 11.4. The van der Waals surface area contributed by atoms with Gasteiger partial charge < -0.3 is 10.5 Å². The molecule has 18 heavy (non-hydrogen) atoms. The number of halogens is 2. The largest absolute Gasteiger partial charge is 0.483 e. The summed E-state index contributed by atoms with van der Waals surface area (Å²) >= 11 is 7.32. The quantitative estimate of drug-likeness (QED) is 0.924. The lowest BCUT2D eigenvalue weighted by Gasteiger charge is -2.17. The zero-order valence-electron chi connectivity index (χ0n) is 9.82. The van der Waals surface area contributed by atoms with Gasteiger partial charge in [-0.05, 0) is 42.8 Å². The average Bonchev–Trinajstić information content (AvgIpc) is 2.75. The maximum absolute atomic E-state index is 13.0. The van der Waals surface area contributed by atoms with Crippen LogP contribution in [0.5, 0.6) is 5.75 Å². The van der Waals surface area contributed by atoms with Crippen LogP contribution >= 0.6 is 22.9 Å². The van der Waals surface area contributed by atoms with Crippen molar-refractivity contribution < 1.29 is 9.13 Å². The van der Waals surface area contributed by atoms with Gasteiger partial charge in [0, 0.05) is 11.4 Å². The van der Waals surface area contributed by atoms with Crippen molar-refractivity contribution in [3.63, 3.8) is 0 Å². The van der Waals surface area contributed by atoms with Crippen LogP contribution in [0.3, 0.4) is 0 Å². The molecule has 0 aliphatic rings. The van der Waals surface area contributed by atoms with Gasteiger partial charge in [0.2, 0.25) is 0 Å². The van der Waals surface area contributed by atoms with Crippen molar-refractivity contribution >= 4 is 22.9 Å². The Balaban J connectivity index is 2.20. The first-order valence-electron chi connectivity index (χ1n) is 5.48. The van der Waals surface area contributed by atoms with E-state index in [1.165, 1.54) is 23.5 Å². The molecule has 96 valence electrons. The third-order valence-corrected chi connectivity index (χ3v) is 3.85. The lowest BCUT2D eigenvalue weighted by atomic mass is 10.2. The van der Waals surface area contributed by atoms with Gasteiger partial charge in [0.25, 0.3) is 0 Å². The standard InChI is InChI=1S/C13H13ClFNOS/c1-8-6-9(15)2-3-10(8)17-11(7-16)12-4-5-13(14)18-12/h2-6,11H,7,16H2,1H3. The van der Waals surface area contributed by atoms with Crippen LogP contribution in [0.25, 0.3) is 0 Å². The molecule has 1 heterocycles. The summed E-state index contributed by atoms with van der Waals surface area (Å²) in [4.78, 5) is 0.964. The number of hydrogen-bond donors (Lipinski definition) is 1. The Bertz CT molecular complexity index is 544. The van der Waals surface area contributed by atoms with Crippen LogP contribution in [0.4, 0.5) is 4.39 Å². The molecule has 0 radical (unpaired) electrons. The first-order chi connectivity index (χ1) is 8.60. The molecule has 1 atom stereocenters. The number of thiophene rings is 1. The van der Waals surface area contributed by atoms with E-state index in [0.29, 0.717) is 16.6 Å². The fraction of sp³-hybridized carbons (Fsp3) is 0.231. The Morgan fingerprint density at radius 1 is 1.39 bits per heavy atom. The van der Waals surface area contributed by atoms with E-state index in [2.05, 4.69) is 0 Å². The van der Waals surface area contributed by atoms with Crippen molar-refractivity contribution in [3.05, 3.63) is 50.9 Å². The summed E-state index contributed by atoms with van der Waals surface area (Å²) in [6, 6.07) is 8.12. The summed E-state index contributed by atoms with van der Waals surface area (Å²) in [6.07, 6.45) is -0.258. The number of rotatable bonds is 4. The van der Waals surface area contributed by atoms with Crippen LogP contribution < -0.4 is 10.5 Å². The Kier molecular flexibility index (Phi) is 4.22. The Morgan fingerprint density at radius 3 is 2.72 bits per heavy atom. The summed E-state index contributed by atoms with van der Waals surface area (Å²) in [7, 11) is 0. The van der Waals surface area contributed by atoms with Crippen molar-refractivity contribution in [2.45, 2.75) is 13.0 Å². The molecule has 2 rings (SSSR count). The molecule has 5 heteroatoms. The Labute approximate surface area is 114 Å². The Morgan fingerprint density at radius 2 is 2.17 bits per heavy atom. The van der Waals surface area contributed by atoms with E-state index >= 15 is 0 Å². The minimum Gasteiger partial charge on any atom is -0.483 e. The number of aryl methyl sites for hydroxylation is 1. The zero-order chi connectivity index (χ0) is 13.1. The first kappa shape index (κ1) is 13.3. The Hall–Kier alpha value is -1.10. The molecule has 2 nitrogen and oxygen atoms in total. The number of nitrogens with two attached hydrogens (primary N) is 1. The third-order valence-electron chi connectivity index (χ3n) is 2.53. The summed E-state index contributed by atoms with van der Waals surface area (Å²) in [6.45, 7) is 2.14. The lowest BCUT2D eigenvalue weighted by molar-refractivity contribution is 0.216. The summed E-state index contributed by atoms with van der Waals surface area (Å²) < 4.78 is 19.5. The van der Waals surface area contributed by atoms with Crippen molar-refractivity contribution in [1.29, 1.82) is 0 Å². The molecule has 1 unspecified atom stereocenters. The molecule has 0 saturated heterocycles. The SMILES string of the molecule is Cc1cc(F)ccc1OC(CN)c1ccc(Cl)s1. The van der Waals surface area contributed by atoms with E-state index in [9.17, 15) is 4.39 Å². The predicted octanol–water partition coefficient (Wildman–Crippen LogP) is 3.93. The van der Waals surface area contributed by atoms with Gasteiger partial charge >= 0.3 is 0 Å². The van der Waals surface area contributed by atoms with Gasteiger partial charge in [-0.3, -0.25) is 0 Å². The molecule has 0 aliphatic carbocycles. The van der Waals surface area contributed by atoms with Gasteiger partial charge in [-0.1, -0.05) is 11.6 Å². The minimum atomic E-state index is -0.275. The van der Waals surface area contributed by atoms with Crippen molar-refractivity contribution in [2.24, 2.45) is 5.73 Å². The summed E-state index contributed by atoms with van der Waals surface area (Å²) in [5.41, 5.74) is 6.45. The van der Waals surface area contributed by atoms with Gasteiger partial charge in [-0.15, -0.1) is 11.3 Å².